The molecule has 0 atom stereocenters. The third kappa shape index (κ3) is 4.79. The fourth-order valence-electron chi connectivity index (χ4n) is 0.905. The fraction of sp³-hybridized carbons (Fsp3) is 0.200. The van der Waals surface area contributed by atoms with Gasteiger partial charge in [-0.15, -0.1) is 11.8 Å². The van der Waals surface area contributed by atoms with E-state index in [-0.39, 0.29) is 24.0 Å². The first-order chi connectivity index (χ1) is 7.58. The maximum absolute atomic E-state index is 12.5. The topological polar surface area (TPSA) is 66.4 Å². The summed E-state index contributed by atoms with van der Waals surface area (Å²) in [6.07, 6.45) is 0. The van der Waals surface area contributed by atoms with E-state index < -0.39 is 5.97 Å². The molecule has 1 rings (SSSR count). The first kappa shape index (κ1) is 12.5. The van der Waals surface area contributed by atoms with Gasteiger partial charge in [0.15, 0.2) is 0 Å². The summed E-state index contributed by atoms with van der Waals surface area (Å²) in [5, 5.41) is 10.5. The van der Waals surface area contributed by atoms with Crippen LogP contribution in [-0.4, -0.2) is 29.3 Å². The van der Waals surface area contributed by atoms with Gasteiger partial charge in [0.25, 0.3) is 0 Å². The summed E-state index contributed by atoms with van der Waals surface area (Å²) in [6, 6.07) is 5.73. The number of aliphatic carboxylic acids is 1. The lowest BCUT2D eigenvalue weighted by Gasteiger charge is -2.02. The van der Waals surface area contributed by atoms with Crippen LogP contribution in [0.25, 0.3) is 0 Å². The lowest BCUT2D eigenvalue weighted by molar-refractivity contribution is -0.137. The molecule has 0 bridgehead atoms. The number of amides is 1. The van der Waals surface area contributed by atoms with Crippen molar-refractivity contribution in [1.29, 1.82) is 0 Å². The molecule has 0 saturated heterocycles. The highest BCUT2D eigenvalue weighted by Crippen LogP contribution is 2.17. The van der Waals surface area contributed by atoms with Gasteiger partial charge in [-0.2, -0.15) is 0 Å². The van der Waals surface area contributed by atoms with E-state index in [0.29, 0.717) is 0 Å². The van der Waals surface area contributed by atoms with Crippen molar-refractivity contribution in [1.82, 2.24) is 5.32 Å². The Bertz CT molecular complexity index is 380. The Morgan fingerprint density at radius 2 is 1.94 bits per heavy atom. The molecule has 86 valence electrons. The molecule has 1 amide bonds. The number of nitrogens with one attached hydrogen (secondary N) is 1. The SMILES string of the molecule is O=C(O)CNC(=O)CSc1ccc(F)cc1. The number of hydrogen-bond donors (Lipinski definition) is 2. The number of thioether (sulfide) groups is 1. The molecule has 0 aromatic heterocycles. The third-order valence-corrected chi connectivity index (χ3v) is 2.63. The molecule has 2 N–H and O–H groups in total. The Balaban J connectivity index is 2.31. The van der Waals surface area contributed by atoms with Crippen molar-refractivity contribution < 1.29 is 19.1 Å². The maximum Gasteiger partial charge on any atom is 0.322 e. The van der Waals surface area contributed by atoms with Crippen LogP contribution in [0.5, 0.6) is 0 Å². The fourth-order valence-corrected chi connectivity index (χ4v) is 1.63. The van der Waals surface area contributed by atoms with Gasteiger partial charge in [-0.1, -0.05) is 0 Å². The smallest absolute Gasteiger partial charge is 0.322 e. The number of hydrogen-bond acceptors (Lipinski definition) is 3. The van der Waals surface area contributed by atoms with Crippen LogP contribution in [0, 0.1) is 5.82 Å². The van der Waals surface area contributed by atoms with Gasteiger partial charge in [-0.3, -0.25) is 9.59 Å². The zero-order chi connectivity index (χ0) is 12.0. The van der Waals surface area contributed by atoms with E-state index in [4.69, 9.17) is 5.11 Å². The van der Waals surface area contributed by atoms with Gasteiger partial charge in [-0.05, 0) is 24.3 Å². The Morgan fingerprint density at radius 1 is 1.31 bits per heavy atom. The van der Waals surface area contributed by atoms with Crippen molar-refractivity contribution in [2.24, 2.45) is 0 Å². The van der Waals surface area contributed by atoms with Gasteiger partial charge < -0.3 is 10.4 Å². The lowest BCUT2D eigenvalue weighted by Crippen LogP contribution is -2.30. The molecular weight excluding hydrogens is 233 g/mol. The average Bonchev–Trinajstić information content (AvgIpc) is 2.25. The summed E-state index contributed by atoms with van der Waals surface area (Å²) >= 11 is 1.22. The van der Waals surface area contributed by atoms with Gasteiger partial charge in [0.05, 0.1) is 5.75 Å². The van der Waals surface area contributed by atoms with Crippen LogP contribution in [0.4, 0.5) is 4.39 Å². The largest absolute Gasteiger partial charge is 0.480 e. The minimum Gasteiger partial charge on any atom is -0.480 e. The molecule has 0 unspecified atom stereocenters. The van der Waals surface area contributed by atoms with Crippen molar-refractivity contribution in [3.05, 3.63) is 30.1 Å². The molecule has 0 aliphatic carbocycles. The number of carbonyl (C=O) groups is 2. The van der Waals surface area contributed by atoms with Gasteiger partial charge in [0.1, 0.15) is 12.4 Å². The van der Waals surface area contributed by atoms with Gasteiger partial charge in [0.2, 0.25) is 5.91 Å². The second kappa shape index (κ2) is 6.12. The van der Waals surface area contributed by atoms with Crippen molar-refractivity contribution in [3.8, 4) is 0 Å². The molecule has 0 spiro atoms. The molecule has 1 aromatic carbocycles. The van der Waals surface area contributed by atoms with Crippen molar-refractivity contribution in [2.75, 3.05) is 12.3 Å². The van der Waals surface area contributed by atoms with Gasteiger partial charge >= 0.3 is 5.97 Å². The van der Waals surface area contributed by atoms with Gasteiger partial charge in [0, 0.05) is 4.90 Å². The summed E-state index contributed by atoms with van der Waals surface area (Å²) in [7, 11) is 0. The second-order valence-corrected chi connectivity index (χ2v) is 3.96. The Hall–Kier alpha value is -1.56. The van der Waals surface area contributed by atoms with Crippen LogP contribution in [0.3, 0.4) is 0 Å². The van der Waals surface area contributed by atoms with E-state index >= 15 is 0 Å². The normalized spacial score (nSPS) is 9.81. The van der Waals surface area contributed by atoms with Crippen molar-refractivity contribution >= 4 is 23.6 Å². The molecule has 0 aliphatic rings. The maximum atomic E-state index is 12.5. The average molecular weight is 243 g/mol. The van der Waals surface area contributed by atoms with E-state index in [2.05, 4.69) is 5.32 Å². The molecule has 0 aliphatic heterocycles. The molecule has 0 heterocycles. The zero-order valence-corrected chi connectivity index (χ0v) is 9.09. The van der Waals surface area contributed by atoms with E-state index in [1.165, 1.54) is 23.9 Å². The monoisotopic (exact) mass is 243 g/mol. The highest BCUT2D eigenvalue weighted by atomic mass is 32.2. The number of benzene rings is 1. The predicted molar refractivity (Wildman–Crippen MR) is 57.8 cm³/mol. The predicted octanol–water partition coefficient (Wildman–Crippen LogP) is 1.12. The highest BCUT2D eigenvalue weighted by molar-refractivity contribution is 8.00. The summed E-state index contributed by atoms with van der Waals surface area (Å²) < 4.78 is 12.5. The number of carboxylic acids is 1. The molecular formula is C10H10FNO3S. The van der Waals surface area contributed by atoms with Crippen molar-refractivity contribution in [3.63, 3.8) is 0 Å². The quantitative estimate of drug-likeness (QED) is 0.760. The van der Waals surface area contributed by atoms with E-state index in [0.717, 1.165) is 4.90 Å². The van der Waals surface area contributed by atoms with Crippen LogP contribution < -0.4 is 5.32 Å². The highest BCUT2D eigenvalue weighted by Gasteiger charge is 2.04. The van der Waals surface area contributed by atoms with E-state index in [1.54, 1.807) is 12.1 Å². The number of carbonyl (C=O) groups excluding carboxylic acids is 1. The molecule has 16 heavy (non-hydrogen) atoms. The summed E-state index contributed by atoms with van der Waals surface area (Å²) in [5.74, 6) is -1.67. The Kier molecular flexibility index (Phi) is 4.78. The zero-order valence-electron chi connectivity index (χ0n) is 8.27. The summed E-state index contributed by atoms with van der Waals surface area (Å²) in [6.45, 7) is -0.386. The number of rotatable bonds is 5. The first-order valence-electron chi connectivity index (χ1n) is 4.45. The van der Waals surface area contributed by atoms with Crippen LogP contribution in [0.2, 0.25) is 0 Å². The summed E-state index contributed by atoms with van der Waals surface area (Å²) in [4.78, 5) is 22.0. The summed E-state index contributed by atoms with van der Waals surface area (Å²) in [5.41, 5.74) is 0. The van der Waals surface area contributed by atoms with Crippen LogP contribution in [0.15, 0.2) is 29.2 Å². The molecule has 6 heteroatoms. The minimum atomic E-state index is -1.08. The van der Waals surface area contributed by atoms with Crippen LogP contribution >= 0.6 is 11.8 Å². The number of halogens is 1. The Morgan fingerprint density at radius 3 is 2.50 bits per heavy atom. The Labute approximate surface area is 95.8 Å². The van der Waals surface area contributed by atoms with Gasteiger partial charge in [-0.25, -0.2) is 4.39 Å². The molecule has 4 nitrogen and oxygen atoms in total. The molecule has 0 radical (unpaired) electrons. The molecule has 0 fully saturated rings. The second-order valence-electron chi connectivity index (χ2n) is 2.91. The van der Waals surface area contributed by atoms with Crippen LogP contribution in [-0.2, 0) is 9.59 Å². The molecule has 1 aromatic rings. The van der Waals surface area contributed by atoms with Crippen molar-refractivity contribution in [2.45, 2.75) is 4.90 Å². The standard InChI is InChI=1S/C10H10FNO3S/c11-7-1-3-8(4-2-7)16-6-9(13)12-5-10(14)15/h1-4H,5-6H2,(H,12,13)(H,14,15). The number of carboxylic acid groups (broad SMARTS) is 1. The molecule has 0 saturated carbocycles. The van der Waals surface area contributed by atoms with Crippen LogP contribution in [0.1, 0.15) is 0 Å². The lowest BCUT2D eigenvalue weighted by atomic mass is 10.4. The first-order valence-corrected chi connectivity index (χ1v) is 5.43. The van der Waals surface area contributed by atoms with E-state index in [9.17, 15) is 14.0 Å². The third-order valence-electron chi connectivity index (χ3n) is 1.62. The van der Waals surface area contributed by atoms with E-state index in [1.807, 2.05) is 0 Å². The minimum absolute atomic E-state index is 0.110.